The van der Waals surface area contributed by atoms with Crippen LogP contribution in [0.1, 0.15) is 18.4 Å². The minimum atomic E-state index is 0.0284. The van der Waals surface area contributed by atoms with E-state index in [9.17, 15) is 5.11 Å². The lowest BCUT2D eigenvalue weighted by Crippen LogP contribution is -2.11. The minimum Gasteiger partial charge on any atom is -0.395 e. The number of aliphatic hydroxyl groups excluding tert-OH is 1. The van der Waals surface area contributed by atoms with Crippen LogP contribution < -0.4 is 0 Å². The topological polar surface area (TPSA) is 20.2 Å². The van der Waals surface area contributed by atoms with E-state index in [1.807, 2.05) is 18.4 Å². The van der Waals surface area contributed by atoms with Gasteiger partial charge in [-0.15, -0.1) is 11.8 Å². The summed E-state index contributed by atoms with van der Waals surface area (Å²) in [4.78, 5) is 1.10. The highest BCUT2D eigenvalue weighted by molar-refractivity contribution is 7.98. The highest BCUT2D eigenvalue weighted by Crippen LogP contribution is 2.48. The monoisotopic (exact) mass is 228 g/mol. The van der Waals surface area contributed by atoms with Gasteiger partial charge in [0.2, 0.25) is 0 Å². The molecule has 0 radical (unpaired) electrons. The number of hydrogen-bond donors (Lipinski definition) is 1. The second-order valence-electron chi connectivity index (χ2n) is 3.79. The van der Waals surface area contributed by atoms with Crippen LogP contribution in [0.5, 0.6) is 0 Å². The Morgan fingerprint density at radius 1 is 1.50 bits per heavy atom. The lowest BCUT2D eigenvalue weighted by atomic mass is 9.97. The van der Waals surface area contributed by atoms with Crippen molar-refractivity contribution in [2.45, 2.75) is 23.2 Å². The summed E-state index contributed by atoms with van der Waals surface area (Å²) in [7, 11) is 0. The van der Waals surface area contributed by atoms with Crippen molar-refractivity contribution < 1.29 is 5.11 Å². The minimum absolute atomic E-state index is 0.0284. The van der Waals surface area contributed by atoms with Gasteiger partial charge in [-0.3, -0.25) is 0 Å². The quantitative estimate of drug-likeness (QED) is 0.803. The highest BCUT2D eigenvalue weighted by Gasteiger charge is 2.43. The van der Waals surface area contributed by atoms with Gasteiger partial charge in [-0.1, -0.05) is 17.7 Å². The molecule has 1 aromatic rings. The fourth-order valence-electron chi connectivity index (χ4n) is 1.69. The summed E-state index contributed by atoms with van der Waals surface area (Å²) in [6.07, 6.45) is 4.18. The van der Waals surface area contributed by atoms with Crippen molar-refractivity contribution in [3.05, 3.63) is 28.8 Å². The zero-order chi connectivity index (χ0) is 10.2. The molecule has 0 bridgehead atoms. The molecule has 1 aliphatic carbocycles. The lowest BCUT2D eigenvalue weighted by molar-refractivity contribution is 0.255. The molecule has 1 aliphatic rings. The van der Waals surface area contributed by atoms with E-state index in [1.165, 1.54) is 5.56 Å². The number of rotatable bonds is 3. The van der Waals surface area contributed by atoms with Crippen molar-refractivity contribution in [3.63, 3.8) is 0 Å². The summed E-state index contributed by atoms with van der Waals surface area (Å²) in [6, 6.07) is 6.12. The van der Waals surface area contributed by atoms with Crippen LogP contribution in [0.2, 0.25) is 5.02 Å². The van der Waals surface area contributed by atoms with Crippen molar-refractivity contribution in [2.75, 3.05) is 12.9 Å². The summed E-state index contributed by atoms with van der Waals surface area (Å²) >= 11 is 7.77. The summed E-state index contributed by atoms with van der Waals surface area (Å²) in [6.45, 7) is 0.238. The fourth-order valence-corrected chi connectivity index (χ4v) is 2.56. The molecule has 0 atom stereocenters. The second kappa shape index (κ2) is 3.76. The third-order valence-corrected chi connectivity index (χ3v) is 4.14. The Hall–Kier alpha value is -0.180. The predicted molar refractivity (Wildman–Crippen MR) is 61.2 cm³/mol. The highest BCUT2D eigenvalue weighted by atomic mass is 35.5. The Kier molecular flexibility index (Phi) is 2.78. The number of aliphatic hydroxyl groups is 1. The Morgan fingerprint density at radius 2 is 2.21 bits per heavy atom. The molecule has 0 saturated heterocycles. The zero-order valence-corrected chi connectivity index (χ0v) is 9.66. The van der Waals surface area contributed by atoms with Crippen LogP contribution in [0.3, 0.4) is 0 Å². The van der Waals surface area contributed by atoms with Crippen LogP contribution in [0.4, 0.5) is 0 Å². The van der Waals surface area contributed by atoms with Gasteiger partial charge in [-0.2, -0.15) is 0 Å². The maximum absolute atomic E-state index is 9.28. The van der Waals surface area contributed by atoms with Crippen LogP contribution in [0, 0.1) is 0 Å². The molecule has 0 amide bonds. The van der Waals surface area contributed by atoms with Gasteiger partial charge >= 0.3 is 0 Å². The van der Waals surface area contributed by atoms with Gasteiger partial charge in [0.05, 0.1) is 11.6 Å². The van der Waals surface area contributed by atoms with Gasteiger partial charge in [0.25, 0.3) is 0 Å². The van der Waals surface area contributed by atoms with Gasteiger partial charge in [0.1, 0.15) is 0 Å². The first-order valence-electron chi connectivity index (χ1n) is 4.67. The normalized spacial score (nSPS) is 18.2. The standard InChI is InChI=1S/C11H13ClOS/c1-14-10-3-2-8(6-9(10)12)11(7-13)4-5-11/h2-3,6,13H,4-5,7H2,1H3. The average Bonchev–Trinajstić information content (AvgIpc) is 2.98. The van der Waals surface area contributed by atoms with Crippen molar-refractivity contribution in [3.8, 4) is 0 Å². The van der Waals surface area contributed by atoms with Gasteiger partial charge in [0.15, 0.2) is 0 Å². The summed E-state index contributed by atoms with van der Waals surface area (Å²) in [5.41, 5.74) is 1.21. The fraction of sp³-hybridized carbons (Fsp3) is 0.455. The Bertz CT molecular complexity index is 347. The molecule has 0 aromatic heterocycles. The average molecular weight is 229 g/mol. The Labute approximate surface area is 93.5 Å². The number of thioether (sulfide) groups is 1. The van der Waals surface area contributed by atoms with Crippen LogP contribution >= 0.6 is 23.4 Å². The molecule has 3 heteroatoms. The summed E-state index contributed by atoms with van der Waals surface area (Å²) in [5.74, 6) is 0. The Morgan fingerprint density at radius 3 is 2.64 bits per heavy atom. The maximum atomic E-state index is 9.28. The van der Waals surface area contributed by atoms with Gasteiger partial charge < -0.3 is 5.11 Å². The van der Waals surface area contributed by atoms with Gasteiger partial charge in [-0.05, 0) is 36.8 Å². The van der Waals surface area contributed by atoms with E-state index >= 15 is 0 Å². The van der Waals surface area contributed by atoms with Crippen molar-refractivity contribution in [1.82, 2.24) is 0 Å². The van der Waals surface area contributed by atoms with E-state index < -0.39 is 0 Å². The zero-order valence-electron chi connectivity index (χ0n) is 8.09. The molecule has 1 saturated carbocycles. The third-order valence-electron chi connectivity index (χ3n) is 2.92. The smallest absolute Gasteiger partial charge is 0.0544 e. The molecular formula is C11H13ClOS. The molecule has 1 fully saturated rings. The van der Waals surface area contributed by atoms with Crippen molar-refractivity contribution in [2.24, 2.45) is 0 Å². The molecule has 1 nitrogen and oxygen atoms in total. The molecule has 0 aliphatic heterocycles. The maximum Gasteiger partial charge on any atom is 0.0544 e. The molecule has 1 N–H and O–H groups in total. The molecule has 14 heavy (non-hydrogen) atoms. The van der Waals surface area contributed by atoms with E-state index in [1.54, 1.807) is 11.8 Å². The van der Waals surface area contributed by atoms with Crippen LogP contribution in [-0.4, -0.2) is 18.0 Å². The van der Waals surface area contributed by atoms with E-state index in [-0.39, 0.29) is 12.0 Å². The number of halogens is 1. The first kappa shape index (κ1) is 10.3. The van der Waals surface area contributed by atoms with E-state index in [4.69, 9.17) is 11.6 Å². The van der Waals surface area contributed by atoms with Crippen LogP contribution in [0.15, 0.2) is 23.1 Å². The second-order valence-corrected chi connectivity index (χ2v) is 5.04. The molecule has 0 heterocycles. The molecule has 1 aromatic carbocycles. The predicted octanol–water partition coefficient (Wildman–Crippen LogP) is 3.09. The molecular weight excluding hydrogens is 216 g/mol. The molecule has 76 valence electrons. The molecule has 0 unspecified atom stereocenters. The van der Waals surface area contributed by atoms with Gasteiger partial charge in [0, 0.05) is 10.3 Å². The Balaban J connectivity index is 2.33. The number of benzene rings is 1. The van der Waals surface area contributed by atoms with Gasteiger partial charge in [-0.25, -0.2) is 0 Å². The lowest BCUT2D eigenvalue weighted by Gasteiger charge is -2.13. The van der Waals surface area contributed by atoms with Crippen LogP contribution in [-0.2, 0) is 5.41 Å². The third kappa shape index (κ3) is 1.67. The van der Waals surface area contributed by atoms with E-state index in [0.29, 0.717) is 0 Å². The first-order valence-corrected chi connectivity index (χ1v) is 6.27. The van der Waals surface area contributed by atoms with Crippen molar-refractivity contribution >= 4 is 23.4 Å². The molecule has 0 spiro atoms. The number of hydrogen-bond acceptors (Lipinski definition) is 2. The van der Waals surface area contributed by atoms with E-state index in [0.717, 1.165) is 22.8 Å². The summed E-state index contributed by atoms with van der Waals surface area (Å²) < 4.78 is 0. The SMILES string of the molecule is CSc1ccc(C2(CO)CC2)cc1Cl. The molecule has 2 rings (SSSR count). The van der Waals surface area contributed by atoms with E-state index in [2.05, 4.69) is 6.07 Å². The first-order chi connectivity index (χ1) is 6.72. The van der Waals surface area contributed by atoms with Crippen LogP contribution in [0.25, 0.3) is 0 Å². The van der Waals surface area contributed by atoms with Crippen molar-refractivity contribution in [1.29, 1.82) is 0 Å². The largest absolute Gasteiger partial charge is 0.395 e. The summed E-state index contributed by atoms with van der Waals surface area (Å²) in [5, 5.41) is 10.1.